The lowest BCUT2D eigenvalue weighted by molar-refractivity contribution is -0.118. The fourth-order valence-electron chi connectivity index (χ4n) is 2.48. The summed E-state index contributed by atoms with van der Waals surface area (Å²) in [5, 5.41) is 3.36. The molecule has 0 saturated heterocycles. The highest BCUT2D eigenvalue weighted by Gasteiger charge is 2.07. The molecule has 7 heteroatoms. The normalized spacial score (nSPS) is 10.6. The van der Waals surface area contributed by atoms with Gasteiger partial charge in [-0.2, -0.15) is 0 Å². The molecule has 2 N–H and O–H groups in total. The molecule has 1 aromatic heterocycles. The van der Waals surface area contributed by atoms with Crippen molar-refractivity contribution in [3.05, 3.63) is 88.3 Å². The lowest BCUT2D eigenvalue weighted by Gasteiger charge is -2.06. The van der Waals surface area contributed by atoms with Crippen molar-refractivity contribution in [3.8, 4) is 0 Å². The van der Waals surface area contributed by atoms with Gasteiger partial charge in [0.2, 0.25) is 5.91 Å². The second-order valence-corrected chi connectivity index (χ2v) is 8.03. The van der Waals surface area contributed by atoms with Crippen LogP contribution in [0.3, 0.4) is 0 Å². The Kier molecular flexibility index (Phi) is 7.75. The van der Waals surface area contributed by atoms with Gasteiger partial charge in [0, 0.05) is 23.3 Å². The van der Waals surface area contributed by atoms with Gasteiger partial charge < -0.3 is 10.3 Å². The van der Waals surface area contributed by atoms with Crippen LogP contribution in [-0.4, -0.2) is 28.2 Å². The van der Waals surface area contributed by atoms with E-state index in [-0.39, 0.29) is 17.2 Å². The average Bonchev–Trinajstić information content (AvgIpc) is 2.72. The zero-order valence-electron chi connectivity index (χ0n) is 15.3. The molecule has 0 unspecified atom stereocenters. The number of carbonyl (C=O) groups excluding carboxylic acids is 1. The molecule has 0 atom stereocenters. The smallest absolute Gasteiger partial charge is 0.251 e. The van der Waals surface area contributed by atoms with Crippen LogP contribution in [0.5, 0.6) is 0 Å². The molecule has 0 aliphatic carbocycles. The Hall–Kier alpha value is -2.51. The van der Waals surface area contributed by atoms with Crippen LogP contribution in [0.15, 0.2) is 81.6 Å². The molecule has 0 bridgehead atoms. The summed E-state index contributed by atoms with van der Waals surface area (Å²) in [5.74, 6) is 0.741. The zero-order chi connectivity index (χ0) is 19.6. The van der Waals surface area contributed by atoms with E-state index in [2.05, 4.69) is 15.3 Å². The Morgan fingerprint density at radius 3 is 2.46 bits per heavy atom. The number of hydrogen-bond acceptors (Lipinski definition) is 5. The first-order chi connectivity index (χ1) is 13.7. The number of amides is 1. The molecule has 3 rings (SSSR count). The lowest BCUT2D eigenvalue weighted by atomic mass is 10.1. The largest absolute Gasteiger partial charge is 0.355 e. The second-order valence-electron chi connectivity index (χ2n) is 6.02. The van der Waals surface area contributed by atoms with Gasteiger partial charge in [0.15, 0.2) is 5.16 Å². The van der Waals surface area contributed by atoms with Crippen molar-refractivity contribution in [1.29, 1.82) is 0 Å². The Labute approximate surface area is 172 Å². The predicted molar refractivity (Wildman–Crippen MR) is 115 cm³/mol. The highest BCUT2D eigenvalue weighted by molar-refractivity contribution is 7.99. The monoisotopic (exact) mass is 411 g/mol. The van der Waals surface area contributed by atoms with Crippen molar-refractivity contribution >= 4 is 29.4 Å². The van der Waals surface area contributed by atoms with Gasteiger partial charge in [-0.05, 0) is 24.1 Å². The molecule has 28 heavy (non-hydrogen) atoms. The molecule has 144 valence electrons. The number of nitrogens with zero attached hydrogens (tertiary/aromatic N) is 1. The molecule has 0 spiro atoms. The van der Waals surface area contributed by atoms with Gasteiger partial charge in [0.1, 0.15) is 0 Å². The van der Waals surface area contributed by atoms with E-state index in [0.717, 1.165) is 11.3 Å². The van der Waals surface area contributed by atoms with E-state index >= 15 is 0 Å². The van der Waals surface area contributed by atoms with Crippen molar-refractivity contribution in [3.63, 3.8) is 0 Å². The maximum Gasteiger partial charge on any atom is 0.251 e. The van der Waals surface area contributed by atoms with E-state index in [1.807, 2.05) is 60.7 Å². The van der Waals surface area contributed by atoms with Crippen molar-refractivity contribution in [2.45, 2.75) is 22.2 Å². The van der Waals surface area contributed by atoms with Gasteiger partial charge in [-0.3, -0.25) is 9.59 Å². The number of aromatic nitrogens is 2. The van der Waals surface area contributed by atoms with Gasteiger partial charge in [0.25, 0.3) is 5.56 Å². The number of thioether (sulfide) groups is 2. The molecular formula is C21H21N3O2S2. The van der Waals surface area contributed by atoms with Crippen molar-refractivity contribution in [1.82, 2.24) is 15.3 Å². The first-order valence-corrected chi connectivity index (χ1v) is 10.9. The number of carbonyl (C=O) groups is 1. The van der Waals surface area contributed by atoms with Crippen LogP contribution in [0.1, 0.15) is 11.3 Å². The molecule has 1 heterocycles. The maximum absolute atomic E-state index is 12.0. The fourth-order valence-corrected chi connectivity index (χ4v) is 4.01. The molecular weight excluding hydrogens is 390 g/mol. The fraction of sp³-hybridized carbons (Fsp3) is 0.190. The lowest BCUT2D eigenvalue weighted by Crippen LogP contribution is -2.27. The highest BCUT2D eigenvalue weighted by Crippen LogP contribution is 2.21. The number of nitrogens with one attached hydrogen (secondary N) is 2. The number of aromatic amines is 1. The summed E-state index contributed by atoms with van der Waals surface area (Å²) in [6, 6.07) is 21.5. The summed E-state index contributed by atoms with van der Waals surface area (Å²) >= 11 is 2.86. The standard InChI is InChI=1S/C21H21N3O2S2/c25-19-13-17(14-27-18-9-5-2-6-10-18)23-21(24-19)28-15-20(26)22-12-11-16-7-3-1-4-8-16/h1-10,13H,11-12,14-15H2,(H,22,26)(H,23,24,25). The Bertz CT molecular complexity index is 947. The predicted octanol–water partition coefficient (Wildman–Crippen LogP) is 3.51. The molecule has 1 amide bonds. The van der Waals surface area contributed by atoms with E-state index in [9.17, 15) is 9.59 Å². The quantitative estimate of drug-likeness (QED) is 0.416. The maximum atomic E-state index is 12.0. The van der Waals surface area contributed by atoms with Gasteiger partial charge >= 0.3 is 0 Å². The SMILES string of the molecule is O=C(CSc1nc(CSc2ccccc2)cc(=O)[nH]1)NCCc1ccccc1. The minimum Gasteiger partial charge on any atom is -0.355 e. The van der Waals surface area contributed by atoms with E-state index in [0.29, 0.717) is 23.1 Å². The topological polar surface area (TPSA) is 74.8 Å². The summed E-state index contributed by atoms with van der Waals surface area (Å²) < 4.78 is 0. The van der Waals surface area contributed by atoms with Gasteiger partial charge in [-0.15, -0.1) is 11.8 Å². The van der Waals surface area contributed by atoms with Crippen molar-refractivity contribution < 1.29 is 4.79 Å². The van der Waals surface area contributed by atoms with Crippen molar-refractivity contribution in [2.24, 2.45) is 0 Å². The molecule has 0 radical (unpaired) electrons. The number of benzene rings is 2. The van der Waals surface area contributed by atoms with Gasteiger partial charge in [0.05, 0.1) is 11.4 Å². The number of rotatable bonds is 9. The van der Waals surface area contributed by atoms with Gasteiger partial charge in [-0.25, -0.2) is 4.98 Å². The third-order valence-corrected chi connectivity index (χ3v) is 5.74. The van der Waals surface area contributed by atoms with Crippen LogP contribution in [0.25, 0.3) is 0 Å². The second kappa shape index (κ2) is 10.7. The van der Waals surface area contributed by atoms with Crippen LogP contribution in [0.4, 0.5) is 0 Å². The number of hydrogen-bond donors (Lipinski definition) is 2. The first-order valence-electron chi connectivity index (χ1n) is 8.90. The average molecular weight is 412 g/mol. The summed E-state index contributed by atoms with van der Waals surface area (Å²) in [6.07, 6.45) is 0.790. The summed E-state index contributed by atoms with van der Waals surface area (Å²) in [7, 11) is 0. The van der Waals surface area contributed by atoms with Crippen LogP contribution < -0.4 is 10.9 Å². The summed E-state index contributed by atoms with van der Waals surface area (Å²) in [5.41, 5.74) is 1.68. The van der Waals surface area contributed by atoms with E-state index in [1.54, 1.807) is 11.8 Å². The Balaban J connectivity index is 1.46. The van der Waals surface area contributed by atoms with E-state index in [4.69, 9.17) is 0 Å². The highest BCUT2D eigenvalue weighted by atomic mass is 32.2. The minimum absolute atomic E-state index is 0.0763. The minimum atomic E-state index is -0.203. The third-order valence-electron chi connectivity index (χ3n) is 3.82. The molecule has 0 saturated carbocycles. The van der Waals surface area contributed by atoms with Crippen LogP contribution in [0.2, 0.25) is 0 Å². The van der Waals surface area contributed by atoms with Gasteiger partial charge in [-0.1, -0.05) is 60.3 Å². The molecule has 0 aliphatic rings. The van der Waals surface area contributed by atoms with E-state index < -0.39 is 0 Å². The van der Waals surface area contributed by atoms with Crippen molar-refractivity contribution in [2.75, 3.05) is 12.3 Å². The molecule has 0 aliphatic heterocycles. The molecule has 3 aromatic rings. The van der Waals surface area contributed by atoms with Crippen LogP contribution >= 0.6 is 23.5 Å². The Morgan fingerprint density at radius 1 is 1.00 bits per heavy atom. The Morgan fingerprint density at radius 2 is 1.71 bits per heavy atom. The van der Waals surface area contributed by atoms with Crippen LogP contribution in [0, 0.1) is 0 Å². The third kappa shape index (κ3) is 6.90. The first kappa shape index (κ1) is 20.2. The van der Waals surface area contributed by atoms with E-state index in [1.165, 1.54) is 23.4 Å². The summed E-state index contributed by atoms with van der Waals surface area (Å²) in [6.45, 7) is 0.584. The molecule has 5 nitrogen and oxygen atoms in total. The summed E-state index contributed by atoms with van der Waals surface area (Å²) in [4.78, 5) is 32.2. The molecule has 0 fully saturated rings. The van der Waals surface area contributed by atoms with Crippen LogP contribution in [-0.2, 0) is 17.0 Å². The zero-order valence-corrected chi connectivity index (χ0v) is 16.9. The molecule has 2 aromatic carbocycles. The number of H-pyrrole nitrogens is 1.